The minimum atomic E-state index is -5.06. The maximum atomic E-state index is 12.2. The Morgan fingerprint density at radius 1 is 1.33 bits per heavy atom. The SMILES string of the molecule is CC1C[NH+](OC(=O)C(F)(F)F)CC(=O)N1c1ccccc1. The van der Waals surface area contributed by atoms with E-state index in [-0.39, 0.29) is 24.2 Å². The molecule has 0 saturated carbocycles. The van der Waals surface area contributed by atoms with Crippen molar-refractivity contribution < 1.29 is 32.7 Å². The van der Waals surface area contributed by atoms with Gasteiger partial charge in [0, 0.05) is 5.69 Å². The number of benzene rings is 1. The molecule has 1 N–H and O–H groups in total. The number of hydroxylamine groups is 2. The topological polar surface area (TPSA) is 51.1 Å². The van der Waals surface area contributed by atoms with Crippen molar-refractivity contribution in [3.05, 3.63) is 30.3 Å². The number of alkyl halides is 3. The number of carbonyl (C=O) groups excluding carboxylic acids is 2. The molecule has 114 valence electrons. The van der Waals surface area contributed by atoms with E-state index in [2.05, 4.69) is 4.84 Å². The van der Waals surface area contributed by atoms with Gasteiger partial charge in [0.15, 0.2) is 6.54 Å². The Labute approximate surface area is 118 Å². The number of piperazine rings is 1. The zero-order valence-corrected chi connectivity index (χ0v) is 11.2. The summed E-state index contributed by atoms with van der Waals surface area (Å²) >= 11 is 0. The number of para-hydroxylation sites is 1. The number of carbonyl (C=O) groups is 2. The van der Waals surface area contributed by atoms with Crippen LogP contribution in [0.15, 0.2) is 30.3 Å². The molecule has 1 saturated heterocycles. The van der Waals surface area contributed by atoms with Gasteiger partial charge in [-0.15, -0.1) is 5.06 Å². The molecule has 2 unspecified atom stereocenters. The zero-order chi connectivity index (χ0) is 15.6. The highest BCUT2D eigenvalue weighted by Crippen LogP contribution is 2.18. The molecular formula is C13H14F3N2O3+. The molecule has 1 aromatic carbocycles. The average Bonchev–Trinajstić information content (AvgIpc) is 2.38. The number of rotatable bonds is 2. The average molecular weight is 303 g/mol. The molecule has 1 fully saturated rings. The number of nitrogens with zero attached hydrogens (tertiary/aromatic N) is 1. The monoisotopic (exact) mass is 303 g/mol. The van der Waals surface area contributed by atoms with Gasteiger partial charge in [0.25, 0.3) is 5.91 Å². The lowest BCUT2D eigenvalue weighted by molar-refractivity contribution is -1.07. The quantitative estimate of drug-likeness (QED) is 0.856. The van der Waals surface area contributed by atoms with E-state index in [0.29, 0.717) is 5.69 Å². The fourth-order valence-electron chi connectivity index (χ4n) is 2.25. The molecule has 1 aromatic rings. The van der Waals surface area contributed by atoms with Crippen LogP contribution >= 0.6 is 0 Å². The predicted molar refractivity (Wildman–Crippen MR) is 66.2 cm³/mol. The van der Waals surface area contributed by atoms with Crippen LogP contribution in [0.1, 0.15) is 6.92 Å². The lowest BCUT2D eigenvalue weighted by Gasteiger charge is -2.35. The third-order valence-corrected chi connectivity index (χ3v) is 3.08. The summed E-state index contributed by atoms with van der Waals surface area (Å²) in [7, 11) is 0. The van der Waals surface area contributed by atoms with Gasteiger partial charge in [-0.25, -0.2) is 4.79 Å². The van der Waals surface area contributed by atoms with Gasteiger partial charge < -0.3 is 0 Å². The van der Waals surface area contributed by atoms with E-state index < -0.39 is 18.1 Å². The Bertz CT molecular complexity index is 533. The molecule has 2 atom stereocenters. The molecule has 0 aliphatic carbocycles. The lowest BCUT2D eigenvalue weighted by atomic mass is 10.1. The first-order valence-electron chi connectivity index (χ1n) is 6.30. The standard InChI is InChI=1S/C13H13F3N2O3/c1-9-7-17(21-12(20)13(14,15)16)8-11(19)18(9)10-5-3-2-4-6-10/h2-6,9H,7-8H2,1H3/p+1. The second-order valence-electron chi connectivity index (χ2n) is 4.76. The van der Waals surface area contributed by atoms with Crippen LogP contribution in [-0.2, 0) is 14.4 Å². The summed E-state index contributed by atoms with van der Waals surface area (Å²) in [6, 6.07) is 8.41. The third kappa shape index (κ3) is 3.52. The summed E-state index contributed by atoms with van der Waals surface area (Å²) in [6.45, 7) is 1.44. The van der Waals surface area contributed by atoms with E-state index in [9.17, 15) is 22.8 Å². The van der Waals surface area contributed by atoms with Gasteiger partial charge in [-0.3, -0.25) is 14.5 Å². The van der Waals surface area contributed by atoms with Crippen LogP contribution in [0.2, 0.25) is 0 Å². The molecule has 1 heterocycles. The summed E-state index contributed by atoms with van der Waals surface area (Å²) in [6.07, 6.45) is -5.06. The van der Waals surface area contributed by atoms with E-state index in [1.807, 2.05) is 0 Å². The summed E-state index contributed by atoms with van der Waals surface area (Å²) < 4.78 is 36.5. The van der Waals surface area contributed by atoms with Crippen LogP contribution < -0.4 is 9.96 Å². The van der Waals surface area contributed by atoms with Gasteiger partial charge in [-0.2, -0.15) is 13.2 Å². The van der Waals surface area contributed by atoms with Crippen molar-refractivity contribution in [1.29, 1.82) is 0 Å². The first-order chi connectivity index (χ1) is 9.79. The Hall–Kier alpha value is -2.09. The van der Waals surface area contributed by atoms with Crippen molar-refractivity contribution in [3.63, 3.8) is 0 Å². The molecule has 0 spiro atoms. The van der Waals surface area contributed by atoms with Crippen LogP contribution in [-0.4, -0.2) is 37.2 Å². The highest BCUT2D eigenvalue weighted by Gasteiger charge is 2.46. The Morgan fingerprint density at radius 2 is 1.95 bits per heavy atom. The highest BCUT2D eigenvalue weighted by atomic mass is 19.4. The van der Waals surface area contributed by atoms with Crippen molar-refractivity contribution in [2.75, 3.05) is 18.0 Å². The number of quaternary nitrogens is 1. The van der Waals surface area contributed by atoms with Gasteiger partial charge >= 0.3 is 12.1 Å². The van der Waals surface area contributed by atoms with E-state index in [1.165, 1.54) is 4.90 Å². The van der Waals surface area contributed by atoms with Crippen molar-refractivity contribution in [3.8, 4) is 0 Å². The van der Waals surface area contributed by atoms with Crippen LogP contribution in [0.5, 0.6) is 0 Å². The summed E-state index contributed by atoms with van der Waals surface area (Å²) in [4.78, 5) is 28.7. The van der Waals surface area contributed by atoms with Gasteiger partial charge in [0.05, 0.1) is 6.04 Å². The number of amides is 1. The number of hydrogen-bond donors (Lipinski definition) is 1. The molecule has 0 bridgehead atoms. The molecule has 8 heteroatoms. The Balaban J connectivity index is 2.06. The Kier molecular flexibility index (Phi) is 4.17. The normalized spacial score (nSPS) is 23.0. The number of hydrogen-bond acceptors (Lipinski definition) is 3. The fourth-order valence-corrected chi connectivity index (χ4v) is 2.25. The van der Waals surface area contributed by atoms with Crippen molar-refractivity contribution in [2.45, 2.75) is 19.1 Å². The molecule has 1 aliphatic heterocycles. The summed E-state index contributed by atoms with van der Waals surface area (Å²) in [5, 5.41) is -0.151. The van der Waals surface area contributed by atoms with Crippen molar-refractivity contribution in [2.24, 2.45) is 0 Å². The van der Waals surface area contributed by atoms with Gasteiger partial charge in [0.2, 0.25) is 0 Å². The third-order valence-electron chi connectivity index (χ3n) is 3.08. The molecule has 21 heavy (non-hydrogen) atoms. The molecule has 5 nitrogen and oxygen atoms in total. The molecule has 1 aliphatic rings. The molecule has 0 aromatic heterocycles. The first-order valence-corrected chi connectivity index (χ1v) is 6.30. The van der Waals surface area contributed by atoms with E-state index >= 15 is 0 Å². The molecule has 0 radical (unpaired) electrons. The van der Waals surface area contributed by atoms with Gasteiger partial charge in [-0.1, -0.05) is 18.2 Å². The first kappa shape index (κ1) is 15.3. The fraction of sp³-hybridized carbons (Fsp3) is 0.385. The van der Waals surface area contributed by atoms with Crippen LogP contribution in [0, 0.1) is 0 Å². The van der Waals surface area contributed by atoms with E-state index in [4.69, 9.17) is 0 Å². The van der Waals surface area contributed by atoms with Gasteiger partial charge in [-0.05, 0) is 19.1 Å². The minimum absolute atomic E-state index is 0.0858. The van der Waals surface area contributed by atoms with Crippen LogP contribution in [0.3, 0.4) is 0 Å². The van der Waals surface area contributed by atoms with E-state index in [1.54, 1.807) is 37.3 Å². The predicted octanol–water partition coefficient (Wildman–Crippen LogP) is 0.327. The van der Waals surface area contributed by atoms with E-state index in [0.717, 1.165) is 0 Å². The number of halogens is 3. The number of anilines is 1. The van der Waals surface area contributed by atoms with Crippen molar-refractivity contribution >= 4 is 17.6 Å². The second kappa shape index (κ2) is 5.72. The van der Waals surface area contributed by atoms with Crippen LogP contribution in [0.4, 0.5) is 18.9 Å². The summed E-state index contributed by atoms with van der Waals surface area (Å²) in [5.74, 6) is -2.68. The zero-order valence-electron chi connectivity index (χ0n) is 11.2. The number of nitrogens with one attached hydrogen (secondary N) is 1. The van der Waals surface area contributed by atoms with Gasteiger partial charge in [0.1, 0.15) is 6.54 Å². The smallest absolute Gasteiger partial charge is 0.299 e. The highest BCUT2D eigenvalue weighted by molar-refractivity contribution is 5.95. The largest absolute Gasteiger partial charge is 0.497 e. The maximum Gasteiger partial charge on any atom is 0.497 e. The minimum Gasteiger partial charge on any atom is -0.299 e. The second-order valence-corrected chi connectivity index (χ2v) is 4.76. The van der Waals surface area contributed by atoms with Crippen molar-refractivity contribution in [1.82, 2.24) is 0 Å². The lowest BCUT2D eigenvalue weighted by Crippen LogP contribution is -3.16. The molecule has 2 rings (SSSR count). The summed E-state index contributed by atoms with van der Waals surface area (Å²) in [5.41, 5.74) is 0.663. The molecule has 1 amide bonds. The Morgan fingerprint density at radius 3 is 2.48 bits per heavy atom. The molecular weight excluding hydrogens is 289 g/mol. The maximum absolute atomic E-state index is 12.2. The van der Waals surface area contributed by atoms with Crippen LogP contribution in [0.25, 0.3) is 0 Å².